The zero-order valence-electron chi connectivity index (χ0n) is 13.7. The average Bonchev–Trinajstić information content (AvgIpc) is 2.35. The summed E-state index contributed by atoms with van der Waals surface area (Å²) in [6, 6.07) is 8.53. The van der Waals surface area contributed by atoms with Gasteiger partial charge in [0.15, 0.2) is 0 Å². The van der Waals surface area contributed by atoms with Crippen molar-refractivity contribution in [1.29, 1.82) is 0 Å². The highest BCUT2D eigenvalue weighted by Gasteiger charge is 2.34. The Labute approximate surface area is 128 Å². The van der Waals surface area contributed by atoms with Gasteiger partial charge in [0.05, 0.1) is 6.04 Å². The molecule has 1 atom stereocenters. The van der Waals surface area contributed by atoms with Gasteiger partial charge in [-0.15, -0.1) is 0 Å². The van der Waals surface area contributed by atoms with Crippen molar-refractivity contribution in [3.63, 3.8) is 0 Å². The molecule has 1 aliphatic carbocycles. The fraction of sp³-hybridized carbons (Fsp3) is 0.611. The van der Waals surface area contributed by atoms with Crippen LogP contribution in [0.2, 0.25) is 0 Å². The monoisotopic (exact) mass is 288 g/mol. The van der Waals surface area contributed by atoms with Crippen LogP contribution < -0.4 is 11.1 Å². The van der Waals surface area contributed by atoms with Crippen LogP contribution in [0.15, 0.2) is 24.3 Å². The second-order valence-electron chi connectivity index (χ2n) is 7.55. The lowest BCUT2D eigenvalue weighted by Gasteiger charge is -2.37. The summed E-state index contributed by atoms with van der Waals surface area (Å²) in [5.41, 5.74) is 8.47. The first-order chi connectivity index (χ1) is 9.70. The Morgan fingerprint density at radius 3 is 2.29 bits per heavy atom. The minimum Gasteiger partial charge on any atom is -0.350 e. The van der Waals surface area contributed by atoms with Gasteiger partial charge in [-0.2, -0.15) is 0 Å². The van der Waals surface area contributed by atoms with E-state index >= 15 is 0 Å². The maximum Gasteiger partial charge on any atom is 0.222 e. The SMILES string of the molecule is CC(NC(=O)CC1(N)CCC1)c1ccc(C(C)(C)C)cc1. The molecule has 0 radical (unpaired) electrons. The van der Waals surface area contributed by atoms with Gasteiger partial charge in [-0.05, 0) is 42.7 Å². The predicted octanol–water partition coefficient (Wildman–Crippen LogP) is 3.43. The average molecular weight is 288 g/mol. The fourth-order valence-electron chi connectivity index (χ4n) is 2.78. The first-order valence-electron chi connectivity index (χ1n) is 7.88. The van der Waals surface area contributed by atoms with E-state index in [2.05, 4.69) is 50.4 Å². The third-order valence-electron chi connectivity index (χ3n) is 4.52. The summed E-state index contributed by atoms with van der Waals surface area (Å²) in [6.07, 6.45) is 3.52. The number of carbonyl (C=O) groups excluding carboxylic acids is 1. The Morgan fingerprint density at radius 1 is 1.29 bits per heavy atom. The van der Waals surface area contributed by atoms with E-state index in [0.29, 0.717) is 6.42 Å². The van der Waals surface area contributed by atoms with Crippen molar-refractivity contribution in [1.82, 2.24) is 5.32 Å². The second-order valence-corrected chi connectivity index (χ2v) is 7.55. The Kier molecular flexibility index (Phi) is 4.43. The van der Waals surface area contributed by atoms with Gasteiger partial charge in [0.25, 0.3) is 0 Å². The third kappa shape index (κ3) is 4.07. The Balaban J connectivity index is 1.93. The molecule has 1 fully saturated rings. The Hall–Kier alpha value is -1.35. The predicted molar refractivity (Wildman–Crippen MR) is 87.1 cm³/mol. The molecule has 1 aromatic carbocycles. The fourth-order valence-corrected chi connectivity index (χ4v) is 2.78. The van der Waals surface area contributed by atoms with Crippen LogP contribution in [0, 0.1) is 0 Å². The Bertz CT molecular complexity index is 495. The van der Waals surface area contributed by atoms with E-state index in [4.69, 9.17) is 5.73 Å². The number of hydrogen-bond acceptors (Lipinski definition) is 2. The molecule has 0 heterocycles. The van der Waals surface area contributed by atoms with Gasteiger partial charge in [-0.25, -0.2) is 0 Å². The highest BCUT2D eigenvalue weighted by atomic mass is 16.1. The molecule has 0 spiro atoms. The summed E-state index contributed by atoms with van der Waals surface area (Å²) in [5, 5.41) is 3.06. The van der Waals surface area contributed by atoms with Crippen LogP contribution in [-0.2, 0) is 10.2 Å². The summed E-state index contributed by atoms with van der Waals surface area (Å²) in [7, 11) is 0. The van der Waals surface area contributed by atoms with Crippen LogP contribution in [0.5, 0.6) is 0 Å². The van der Waals surface area contributed by atoms with Crippen molar-refractivity contribution in [2.45, 2.75) is 70.4 Å². The number of nitrogens with two attached hydrogens (primary N) is 1. The van der Waals surface area contributed by atoms with Crippen LogP contribution in [0.1, 0.15) is 70.5 Å². The van der Waals surface area contributed by atoms with Crippen molar-refractivity contribution in [2.75, 3.05) is 0 Å². The van der Waals surface area contributed by atoms with E-state index in [1.807, 2.05) is 6.92 Å². The molecular formula is C18H28N2O. The van der Waals surface area contributed by atoms with Crippen LogP contribution in [-0.4, -0.2) is 11.4 Å². The van der Waals surface area contributed by atoms with Crippen molar-refractivity contribution in [3.05, 3.63) is 35.4 Å². The van der Waals surface area contributed by atoms with Gasteiger partial charge in [-0.1, -0.05) is 45.0 Å². The van der Waals surface area contributed by atoms with Gasteiger partial charge < -0.3 is 11.1 Å². The van der Waals surface area contributed by atoms with Crippen LogP contribution in [0.3, 0.4) is 0 Å². The first kappa shape index (κ1) is 16.0. The molecule has 3 heteroatoms. The van der Waals surface area contributed by atoms with E-state index in [0.717, 1.165) is 24.8 Å². The number of amides is 1. The highest BCUT2D eigenvalue weighted by Crippen LogP contribution is 2.32. The zero-order valence-corrected chi connectivity index (χ0v) is 13.7. The van der Waals surface area contributed by atoms with Crippen LogP contribution >= 0.6 is 0 Å². The second kappa shape index (κ2) is 5.80. The van der Waals surface area contributed by atoms with E-state index in [9.17, 15) is 4.79 Å². The zero-order chi connectivity index (χ0) is 15.7. The number of carbonyl (C=O) groups is 1. The van der Waals surface area contributed by atoms with Gasteiger partial charge in [-0.3, -0.25) is 4.79 Å². The summed E-state index contributed by atoms with van der Waals surface area (Å²) in [6.45, 7) is 8.62. The molecule has 1 aromatic rings. The lowest BCUT2D eigenvalue weighted by atomic mass is 9.75. The maximum atomic E-state index is 12.1. The van der Waals surface area contributed by atoms with Crippen LogP contribution in [0.4, 0.5) is 0 Å². The standard InChI is InChI=1S/C18H28N2O/c1-13(20-16(21)12-18(19)10-5-11-18)14-6-8-15(9-7-14)17(2,3)4/h6-9,13H,5,10-12,19H2,1-4H3,(H,20,21). The topological polar surface area (TPSA) is 55.1 Å². The van der Waals surface area contributed by atoms with Gasteiger partial charge in [0.2, 0.25) is 5.91 Å². The van der Waals surface area contributed by atoms with Crippen molar-refractivity contribution < 1.29 is 4.79 Å². The lowest BCUT2D eigenvalue weighted by Crippen LogP contribution is -2.50. The summed E-state index contributed by atoms with van der Waals surface area (Å²) in [5.74, 6) is 0.0598. The summed E-state index contributed by atoms with van der Waals surface area (Å²) in [4.78, 5) is 12.1. The molecule has 0 aliphatic heterocycles. The van der Waals surface area contributed by atoms with E-state index in [-0.39, 0.29) is 22.9 Å². The molecule has 21 heavy (non-hydrogen) atoms. The Morgan fingerprint density at radius 2 is 1.86 bits per heavy atom. The van der Waals surface area contributed by atoms with Gasteiger partial charge >= 0.3 is 0 Å². The van der Waals surface area contributed by atoms with E-state index < -0.39 is 0 Å². The highest BCUT2D eigenvalue weighted by molar-refractivity contribution is 5.77. The van der Waals surface area contributed by atoms with E-state index in [1.165, 1.54) is 5.56 Å². The van der Waals surface area contributed by atoms with Gasteiger partial charge in [0, 0.05) is 12.0 Å². The molecule has 0 saturated heterocycles. The van der Waals surface area contributed by atoms with Crippen molar-refractivity contribution in [2.24, 2.45) is 5.73 Å². The molecular weight excluding hydrogens is 260 g/mol. The molecule has 1 saturated carbocycles. The lowest BCUT2D eigenvalue weighted by molar-refractivity contribution is -0.123. The molecule has 1 aliphatic rings. The normalized spacial score (nSPS) is 18.7. The summed E-state index contributed by atoms with van der Waals surface area (Å²) < 4.78 is 0. The van der Waals surface area contributed by atoms with Gasteiger partial charge in [0.1, 0.15) is 0 Å². The van der Waals surface area contributed by atoms with Crippen molar-refractivity contribution in [3.8, 4) is 0 Å². The first-order valence-corrected chi connectivity index (χ1v) is 7.88. The smallest absolute Gasteiger partial charge is 0.222 e. The number of hydrogen-bond donors (Lipinski definition) is 2. The minimum absolute atomic E-state index is 0.0233. The number of benzene rings is 1. The minimum atomic E-state index is -0.250. The quantitative estimate of drug-likeness (QED) is 0.891. The van der Waals surface area contributed by atoms with Crippen LogP contribution in [0.25, 0.3) is 0 Å². The molecule has 3 nitrogen and oxygen atoms in total. The molecule has 0 bridgehead atoms. The summed E-state index contributed by atoms with van der Waals surface area (Å²) >= 11 is 0. The molecule has 0 aromatic heterocycles. The van der Waals surface area contributed by atoms with Crippen molar-refractivity contribution >= 4 is 5.91 Å². The van der Waals surface area contributed by atoms with E-state index in [1.54, 1.807) is 0 Å². The largest absolute Gasteiger partial charge is 0.350 e. The number of nitrogens with one attached hydrogen (secondary N) is 1. The molecule has 3 N–H and O–H groups in total. The number of rotatable bonds is 4. The molecule has 1 amide bonds. The maximum absolute atomic E-state index is 12.1. The molecule has 2 rings (SSSR count). The third-order valence-corrected chi connectivity index (χ3v) is 4.52. The molecule has 1 unspecified atom stereocenters. The molecule has 116 valence electrons.